The van der Waals surface area contributed by atoms with Gasteiger partial charge in [-0.05, 0) is 0 Å². The average Bonchev–Trinajstić information content (AvgIpc) is 2.86. The van der Waals surface area contributed by atoms with Gasteiger partial charge in [-0.15, -0.1) is 0 Å². The van der Waals surface area contributed by atoms with Crippen LogP contribution in [0, 0.1) is 10.7 Å². The number of hydrogen-bond donors (Lipinski definition) is 0. The summed E-state index contributed by atoms with van der Waals surface area (Å²) in [5.41, 5.74) is 0. The van der Waals surface area contributed by atoms with Crippen LogP contribution in [0.2, 0.25) is 0 Å². The van der Waals surface area contributed by atoms with Gasteiger partial charge < -0.3 is 0 Å². The number of benzene rings is 4. The molecule has 156 valence electrons. The van der Waals surface area contributed by atoms with Gasteiger partial charge in [-0.1, -0.05) is 0 Å². The van der Waals surface area contributed by atoms with Gasteiger partial charge in [0, 0.05) is 0 Å². The third-order valence-electron chi connectivity index (χ3n) is 4.13. The Hall–Kier alpha value is -1.74. The molecule has 0 aliphatic rings. The molecule has 0 aliphatic carbocycles. The predicted molar refractivity (Wildman–Crippen MR) is 142 cm³/mol. The Morgan fingerprint density at radius 2 is 0.812 bits per heavy atom. The maximum atomic E-state index is 3.67. The predicted octanol–water partition coefficient (Wildman–Crippen LogP) is 2.24. The Kier molecular flexibility index (Phi) is 9.57. The van der Waals surface area contributed by atoms with Crippen LogP contribution in [0.4, 0.5) is 0 Å². The van der Waals surface area contributed by atoms with E-state index in [0.29, 0.717) is 0 Å². The number of allylic oxidation sites excluding steroid dienone is 1. The van der Waals surface area contributed by atoms with Crippen molar-refractivity contribution in [3.05, 3.63) is 129 Å². The number of hydrogen-bond acceptors (Lipinski definition) is 0. The fraction of sp³-hybridized carbons (Fsp3) is 0. The summed E-state index contributed by atoms with van der Waals surface area (Å²) in [6, 6.07) is 43.3. The van der Waals surface area contributed by atoms with Gasteiger partial charge in [0.25, 0.3) is 0 Å². The van der Waals surface area contributed by atoms with Crippen LogP contribution in [0.3, 0.4) is 0 Å². The monoisotopic (exact) mass is 676 g/mol. The second-order valence-corrected chi connectivity index (χ2v) is 16.5. The summed E-state index contributed by atoms with van der Waals surface area (Å²) >= 11 is 0.933. The molecule has 0 fully saturated rings. The third kappa shape index (κ3) is 7.69. The molecule has 4 rings (SSSR count). The van der Waals surface area contributed by atoms with Gasteiger partial charge in [-0.3, -0.25) is 0 Å². The van der Waals surface area contributed by atoms with Gasteiger partial charge in [0.05, 0.1) is 0 Å². The van der Waals surface area contributed by atoms with E-state index < -0.39 is 0 Å². The Morgan fingerprint density at radius 3 is 1.25 bits per heavy atom. The first kappa shape index (κ1) is 23.4. The Labute approximate surface area is 215 Å². The minimum absolute atomic E-state index is 0.171. The van der Waals surface area contributed by atoms with Crippen molar-refractivity contribution in [2.24, 2.45) is 0 Å². The Morgan fingerprint density at radius 1 is 0.438 bits per heavy atom. The van der Waals surface area contributed by atoms with Crippen LogP contribution in [0.15, 0.2) is 129 Å². The quantitative estimate of drug-likeness (QED) is 0.209. The second-order valence-electron chi connectivity index (χ2n) is 6.50. The van der Waals surface area contributed by atoms with Gasteiger partial charge in [0.1, 0.15) is 0 Å². The summed E-state index contributed by atoms with van der Waals surface area (Å²) in [6.45, 7) is 0. The zero-order chi connectivity index (χ0) is 21.8. The molecule has 0 nitrogen and oxygen atoms in total. The molecular formula is C28H20Se4. The summed E-state index contributed by atoms with van der Waals surface area (Å²) in [5, 5.41) is 0. The molecule has 0 unspecified atom stereocenters. The third-order valence-corrected chi connectivity index (χ3v) is 14.7. The van der Waals surface area contributed by atoms with E-state index >= 15 is 0 Å². The normalized spacial score (nSPS) is 10.1. The van der Waals surface area contributed by atoms with E-state index in [9.17, 15) is 0 Å². The molecule has 0 spiro atoms. The van der Waals surface area contributed by atoms with Crippen LogP contribution in [-0.2, 0) is 0 Å². The molecule has 0 bridgehead atoms. The first-order valence-electron chi connectivity index (χ1n) is 10.0. The maximum absolute atomic E-state index is 3.67. The number of rotatable bonds is 7. The van der Waals surface area contributed by atoms with Crippen molar-refractivity contribution in [3.8, 4) is 10.7 Å². The second kappa shape index (κ2) is 13.1. The van der Waals surface area contributed by atoms with Gasteiger partial charge >= 0.3 is 218 Å². The fourth-order valence-corrected chi connectivity index (χ4v) is 12.8. The van der Waals surface area contributed by atoms with E-state index in [1.54, 1.807) is 3.37 Å². The molecule has 0 aliphatic heterocycles. The SMILES string of the molecule is C(#CC([Se]c1ccccc1)=C([Se]c1ccccc1)[Se]c1ccccc1)[Se]c1ccccc1. The average molecular weight is 672 g/mol. The standard InChI is InChI=1S/C28H20Se4/c1-5-13-23(14-6-1)29-22-21-27(30-24-15-7-2-8-16-24)28(31-25-17-9-3-10-18-25)32-26-19-11-4-12-20-26/h1-20H. The van der Waals surface area contributed by atoms with Gasteiger partial charge in [0.2, 0.25) is 0 Å². The summed E-state index contributed by atoms with van der Waals surface area (Å²) in [4.78, 5) is 3.56. The van der Waals surface area contributed by atoms with Crippen molar-refractivity contribution in [2.75, 3.05) is 0 Å². The molecule has 0 saturated carbocycles. The van der Waals surface area contributed by atoms with Crippen LogP contribution in [0.5, 0.6) is 0 Å². The van der Waals surface area contributed by atoms with E-state index in [1.165, 1.54) is 22.3 Å². The van der Waals surface area contributed by atoms with E-state index in [0.717, 1.165) is 0 Å². The van der Waals surface area contributed by atoms with Crippen molar-refractivity contribution < 1.29 is 0 Å². The van der Waals surface area contributed by atoms with Crippen molar-refractivity contribution in [1.29, 1.82) is 0 Å². The molecule has 32 heavy (non-hydrogen) atoms. The molecule has 0 N–H and O–H groups in total. The van der Waals surface area contributed by atoms with Crippen LogP contribution in [-0.4, -0.2) is 59.8 Å². The summed E-state index contributed by atoms with van der Waals surface area (Å²) in [7, 11) is 0. The summed E-state index contributed by atoms with van der Waals surface area (Å²) in [5.74, 6) is 3.67. The van der Waals surface area contributed by atoms with E-state index in [2.05, 4.69) is 132 Å². The molecule has 4 aromatic carbocycles. The molecule has 0 radical (unpaired) electrons. The summed E-state index contributed by atoms with van der Waals surface area (Å²) < 4.78 is 8.50. The molecule has 0 saturated heterocycles. The van der Waals surface area contributed by atoms with Crippen molar-refractivity contribution in [3.63, 3.8) is 0 Å². The van der Waals surface area contributed by atoms with Gasteiger partial charge in [-0.2, -0.15) is 0 Å². The van der Waals surface area contributed by atoms with Crippen LogP contribution in [0.25, 0.3) is 0 Å². The fourth-order valence-electron chi connectivity index (χ4n) is 2.65. The van der Waals surface area contributed by atoms with E-state index in [1.807, 2.05) is 0 Å². The molecule has 0 aromatic heterocycles. The van der Waals surface area contributed by atoms with Crippen molar-refractivity contribution in [1.82, 2.24) is 0 Å². The first-order valence-corrected chi connectivity index (χ1v) is 16.9. The first-order chi connectivity index (χ1) is 15.9. The molecule has 4 aromatic rings. The molecule has 0 atom stereocenters. The molecule has 0 heterocycles. The zero-order valence-electron chi connectivity index (χ0n) is 17.2. The molecular weight excluding hydrogens is 652 g/mol. The topological polar surface area (TPSA) is 0 Å². The molecule has 0 amide bonds. The minimum atomic E-state index is 0.171. The van der Waals surface area contributed by atoms with Gasteiger partial charge in [0.15, 0.2) is 0 Å². The van der Waals surface area contributed by atoms with Crippen molar-refractivity contribution in [2.45, 2.75) is 0 Å². The zero-order valence-corrected chi connectivity index (χ0v) is 24.0. The van der Waals surface area contributed by atoms with Crippen LogP contribution >= 0.6 is 0 Å². The molecule has 4 heteroatoms. The Bertz CT molecular complexity index is 1150. The van der Waals surface area contributed by atoms with Crippen molar-refractivity contribution >= 4 is 77.7 Å². The van der Waals surface area contributed by atoms with E-state index in [-0.39, 0.29) is 59.8 Å². The van der Waals surface area contributed by atoms with Gasteiger partial charge in [-0.25, -0.2) is 0 Å². The van der Waals surface area contributed by atoms with Crippen LogP contribution in [0.1, 0.15) is 0 Å². The van der Waals surface area contributed by atoms with E-state index in [4.69, 9.17) is 0 Å². The summed E-state index contributed by atoms with van der Waals surface area (Å²) in [6.07, 6.45) is 0. The van der Waals surface area contributed by atoms with Crippen LogP contribution < -0.4 is 17.8 Å². The Balaban J connectivity index is 1.71.